The van der Waals surface area contributed by atoms with Crippen molar-refractivity contribution in [1.82, 2.24) is 0 Å². The molecule has 1 aromatic rings. The van der Waals surface area contributed by atoms with E-state index in [0.717, 1.165) is 23.5 Å². The molecule has 1 atom stereocenters. The van der Waals surface area contributed by atoms with Gasteiger partial charge in [-0.15, -0.1) is 0 Å². The highest BCUT2D eigenvalue weighted by Crippen LogP contribution is 2.28. The third-order valence-corrected chi connectivity index (χ3v) is 4.05. The number of carbonyl (C=O) groups is 1. The highest BCUT2D eigenvalue weighted by Gasteiger charge is 2.25. The molecule has 0 N–H and O–H groups in total. The molecule has 0 aliphatic carbocycles. The van der Waals surface area contributed by atoms with Gasteiger partial charge in [-0.1, -0.05) is 17.7 Å². The van der Waals surface area contributed by atoms with Gasteiger partial charge in [-0.05, 0) is 25.0 Å². The highest BCUT2D eigenvalue weighted by atomic mass is 32.2. The smallest absolute Gasteiger partial charge is 0.146 e. The maximum absolute atomic E-state index is 11.6. The van der Waals surface area contributed by atoms with Crippen LogP contribution in [-0.2, 0) is 11.2 Å². The molecule has 1 fully saturated rings. The number of rotatable bonds is 3. The van der Waals surface area contributed by atoms with Crippen LogP contribution in [-0.4, -0.2) is 24.4 Å². The minimum absolute atomic E-state index is 0.181. The van der Waals surface area contributed by atoms with Crippen molar-refractivity contribution >= 4 is 17.5 Å². The lowest BCUT2D eigenvalue weighted by Gasteiger charge is -2.12. The first-order chi connectivity index (χ1) is 7.70. The van der Waals surface area contributed by atoms with Gasteiger partial charge in [-0.2, -0.15) is 11.8 Å². The van der Waals surface area contributed by atoms with Crippen LogP contribution in [0.4, 0.5) is 0 Å². The lowest BCUT2D eigenvalue weighted by atomic mass is 9.96. The predicted octanol–water partition coefficient (Wildman–Crippen LogP) is 2.48. The summed E-state index contributed by atoms with van der Waals surface area (Å²) in [6.07, 6.45) is 0.816. The fourth-order valence-electron chi connectivity index (χ4n) is 2.02. The molecule has 0 aromatic heterocycles. The van der Waals surface area contributed by atoms with Crippen LogP contribution in [0, 0.1) is 12.8 Å². The number of thioether (sulfide) groups is 1. The standard InChI is InChI=1S/C13H16O2S/c1-9-3-4-13(15-2)10(5-9)6-11-7-16-8-12(11)14/h3-5,11H,6-8H2,1-2H3. The van der Waals surface area contributed by atoms with Gasteiger partial charge in [0.05, 0.1) is 12.9 Å². The van der Waals surface area contributed by atoms with E-state index in [2.05, 4.69) is 13.0 Å². The zero-order chi connectivity index (χ0) is 11.5. The van der Waals surface area contributed by atoms with E-state index in [-0.39, 0.29) is 5.92 Å². The van der Waals surface area contributed by atoms with Crippen molar-refractivity contribution in [3.63, 3.8) is 0 Å². The molecule has 1 aromatic carbocycles. The van der Waals surface area contributed by atoms with E-state index in [9.17, 15) is 4.79 Å². The van der Waals surface area contributed by atoms with Crippen molar-refractivity contribution in [2.45, 2.75) is 13.3 Å². The summed E-state index contributed by atoms with van der Waals surface area (Å²) in [5.41, 5.74) is 2.37. The van der Waals surface area contributed by atoms with Gasteiger partial charge in [0, 0.05) is 11.7 Å². The molecular weight excluding hydrogens is 220 g/mol. The normalized spacial score (nSPS) is 20.1. The van der Waals surface area contributed by atoms with E-state index in [4.69, 9.17) is 4.74 Å². The van der Waals surface area contributed by atoms with Gasteiger partial charge in [0.1, 0.15) is 11.5 Å². The molecule has 1 saturated heterocycles. The largest absolute Gasteiger partial charge is 0.496 e. The van der Waals surface area contributed by atoms with Gasteiger partial charge in [0.25, 0.3) is 0 Å². The number of ketones is 1. The summed E-state index contributed by atoms with van der Waals surface area (Å²) in [6, 6.07) is 6.14. The van der Waals surface area contributed by atoms with Crippen LogP contribution in [0.15, 0.2) is 18.2 Å². The Labute approximate surface area is 100 Å². The second-order valence-corrected chi connectivity index (χ2v) is 5.23. The minimum Gasteiger partial charge on any atom is -0.496 e. The zero-order valence-electron chi connectivity index (χ0n) is 9.66. The molecule has 3 heteroatoms. The number of Topliss-reactive ketones (excluding diaryl/α,β-unsaturated/α-hetero) is 1. The summed E-state index contributed by atoms with van der Waals surface area (Å²) in [7, 11) is 1.68. The monoisotopic (exact) mass is 236 g/mol. The van der Waals surface area contributed by atoms with Crippen LogP contribution >= 0.6 is 11.8 Å². The quantitative estimate of drug-likeness (QED) is 0.806. The molecule has 16 heavy (non-hydrogen) atoms. The van der Waals surface area contributed by atoms with Crippen molar-refractivity contribution in [2.24, 2.45) is 5.92 Å². The molecule has 0 bridgehead atoms. The van der Waals surface area contributed by atoms with E-state index >= 15 is 0 Å². The molecule has 0 saturated carbocycles. The highest BCUT2D eigenvalue weighted by molar-refractivity contribution is 8.00. The van der Waals surface area contributed by atoms with Gasteiger partial charge >= 0.3 is 0 Å². The molecular formula is C13H16O2S. The molecule has 0 radical (unpaired) electrons. The lowest BCUT2D eigenvalue weighted by Crippen LogP contribution is -2.14. The first-order valence-electron chi connectivity index (χ1n) is 5.44. The molecule has 2 rings (SSSR count). The first kappa shape index (κ1) is 11.5. The maximum Gasteiger partial charge on any atom is 0.146 e. The van der Waals surface area contributed by atoms with Crippen molar-refractivity contribution in [1.29, 1.82) is 0 Å². The Morgan fingerprint density at radius 1 is 1.50 bits per heavy atom. The molecule has 1 aliphatic heterocycles. The number of aryl methyl sites for hydroxylation is 1. The van der Waals surface area contributed by atoms with Crippen molar-refractivity contribution in [3.05, 3.63) is 29.3 Å². The average molecular weight is 236 g/mol. The van der Waals surface area contributed by atoms with Crippen molar-refractivity contribution in [3.8, 4) is 5.75 Å². The Morgan fingerprint density at radius 2 is 2.31 bits per heavy atom. The average Bonchev–Trinajstić information content (AvgIpc) is 2.65. The number of methoxy groups -OCH3 is 1. The number of carbonyl (C=O) groups excluding carboxylic acids is 1. The maximum atomic E-state index is 11.6. The van der Waals surface area contributed by atoms with Gasteiger partial charge in [0.2, 0.25) is 0 Å². The van der Waals surface area contributed by atoms with Crippen LogP contribution in [0.3, 0.4) is 0 Å². The predicted molar refractivity (Wildman–Crippen MR) is 67.3 cm³/mol. The van der Waals surface area contributed by atoms with Gasteiger partial charge in [-0.25, -0.2) is 0 Å². The van der Waals surface area contributed by atoms with Crippen LogP contribution < -0.4 is 4.74 Å². The van der Waals surface area contributed by atoms with E-state index in [1.165, 1.54) is 5.56 Å². The Kier molecular flexibility index (Phi) is 3.54. The summed E-state index contributed by atoms with van der Waals surface area (Å²) >= 11 is 1.74. The van der Waals surface area contributed by atoms with E-state index in [1.54, 1.807) is 18.9 Å². The zero-order valence-corrected chi connectivity index (χ0v) is 10.5. The molecule has 86 valence electrons. The Morgan fingerprint density at radius 3 is 2.94 bits per heavy atom. The summed E-state index contributed by atoms with van der Waals surface area (Å²) in [5.74, 6) is 3.10. The van der Waals surface area contributed by atoms with Crippen LogP contribution in [0.1, 0.15) is 11.1 Å². The van der Waals surface area contributed by atoms with E-state index in [0.29, 0.717) is 11.5 Å². The number of benzene rings is 1. The topological polar surface area (TPSA) is 26.3 Å². The Hall–Kier alpha value is -0.960. The molecule has 0 amide bonds. The van der Waals surface area contributed by atoms with Gasteiger partial charge in [0.15, 0.2) is 0 Å². The summed E-state index contributed by atoms with van der Waals surface area (Å²) in [4.78, 5) is 11.6. The van der Waals surface area contributed by atoms with E-state index in [1.807, 2.05) is 12.1 Å². The van der Waals surface area contributed by atoms with Gasteiger partial charge < -0.3 is 4.74 Å². The molecule has 2 nitrogen and oxygen atoms in total. The SMILES string of the molecule is COc1ccc(C)cc1CC1CSCC1=O. The van der Waals surface area contributed by atoms with Crippen LogP contribution in [0.25, 0.3) is 0 Å². The molecule has 0 spiro atoms. The summed E-state index contributed by atoms with van der Waals surface area (Å²) in [6.45, 7) is 2.06. The lowest BCUT2D eigenvalue weighted by molar-refractivity contribution is -0.119. The number of ether oxygens (including phenoxy) is 1. The summed E-state index contributed by atoms with van der Waals surface area (Å²) < 4.78 is 5.33. The van der Waals surface area contributed by atoms with Crippen LogP contribution in [0.2, 0.25) is 0 Å². The number of hydrogen-bond donors (Lipinski definition) is 0. The van der Waals surface area contributed by atoms with Crippen molar-refractivity contribution < 1.29 is 9.53 Å². The second-order valence-electron chi connectivity index (χ2n) is 4.20. The third kappa shape index (κ3) is 2.40. The molecule has 1 aliphatic rings. The van der Waals surface area contributed by atoms with Crippen molar-refractivity contribution in [2.75, 3.05) is 18.6 Å². The fraction of sp³-hybridized carbons (Fsp3) is 0.462. The minimum atomic E-state index is 0.181. The first-order valence-corrected chi connectivity index (χ1v) is 6.60. The van der Waals surface area contributed by atoms with E-state index < -0.39 is 0 Å². The Bertz CT molecular complexity index is 401. The van der Waals surface area contributed by atoms with Crippen LogP contribution in [0.5, 0.6) is 5.75 Å². The second kappa shape index (κ2) is 4.91. The summed E-state index contributed by atoms with van der Waals surface area (Å²) in [5, 5.41) is 0. The Balaban J connectivity index is 2.19. The fourth-order valence-corrected chi connectivity index (χ4v) is 3.16. The molecule has 1 heterocycles. The van der Waals surface area contributed by atoms with Gasteiger partial charge in [-0.3, -0.25) is 4.79 Å². The third-order valence-electron chi connectivity index (χ3n) is 2.92. The molecule has 1 unspecified atom stereocenters. The number of hydrogen-bond acceptors (Lipinski definition) is 3.